The van der Waals surface area contributed by atoms with Gasteiger partial charge in [0.2, 0.25) is 17.7 Å². The van der Waals surface area contributed by atoms with Gasteiger partial charge in [-0.1, -0.05) is 6.07 Å². The smallest absolute Gasteiger partial charge is 0.416 e. The molecular weight excluding hydrogens is 531 g/mol. The summed E-state index contributed by atoms with van der Waals surface area (Å²) in [4.78, 5) is 44.0. The Labute approximate surface area is 230 Å². The lowest BCUT2D eigenvalue weighted by atomic mass is 10.1. The molecule has 2 aliphatic rings. The SMILES string of the molecule is COc1ccc(OC)c(NC(=O)CC2C(=O)NCCN2C(=O)CN2CCN(c3cccc(C(F)(F)F)c3)CC2)c1. The number of carbonyl (C=O) groups excluding carboxylic acids is 3. The van der Waals surface area contributed by atoms with Crippen LogP contribution in [0.1, 0.15) is 12.0 Å². The molecule has 2 fully saturated rings. The van der Waals surface area contributed by atoms with Crippen LogP contribution in [-0.2, 0) is 20.6 Å². The minimum absolute atomic E-state index is 0.0333. The van der Waals surface area contributed by atoms with Crippen LogP contribution in [0, 0.1) is 0 Å². The Kier molecular flexibility index (Phi) is 9.03. The molecule has 13 heteroatoms. The standard InChI is InChI=1S/C27H32F3N5O5/c1-39-20-6-7-23(40-2)21(15-20)32-24(36)16-22-26(38)31-8-9-35(22)25(37)17-33-10-12-34(13-11-33)19-5-3-4-18(14-19)27(28,29)30/h3-7,14-15,22H,8-13,16-17H2,1-2H3,(H,31,38)(H,32,36). The lowest BCUT2D eigenvalue weighted by Crippen LogP contribution is -2.60. The van der Waals surface area contributed by atoms with Gasteiger partial charge in [-0.25, -0.2) is 0 Å². The number of ether oxygens (including phenoxy) is 2. The topological polar surface area (TPSA) is 103 Å². The van der Waals surface area contributed by atoms with Crippen molar-refractivity contribution in [1.29, 1.82) is 0 Å². The molecule has 0 saturated carbocycles. The van der Waals surface area contributed by atoms with E-state index < -0.39 is 29.6 Å². The van der Waals surface area contributed by atoms with Gasteiger partial charge in [0.1, 0.15) is 17.5 Å². The van der Waals surface area contributed by atoms with E-state index in [0.717, 1.165) is 12.1 Å². The lowest BCUT2D eigenvalue weighted by molar-refractivity contribution is -0.145. The van der Waals surface area contributed by atoms with Crippen LogP contribution in [0.5, 0.6) is 11.5 Å². The zero-order valence-electron chi connectivity index (χ0n) is 22.3. The first-order chi connectivity index (χ1) is 19.1. The molecule has 2 aliphatic heterocycles. The molecule has 0 radical (unpaired) electrons. The summed E-state index contributed by atoms with van der Waals surface area (Å²) >= 11 is 0. The Hall–Kier alpha value is -4.00. The number of rotatable bonds is 8. The monoisotopic (exact) mass is 563 g/mol. The number of nitrogens with one attached hydrogen (secondary N) is 2. The molecule has 216 valence electrons. The van der Waals surface area contributed by atoms with Gasteiger partial charge in [-0.05, 0) is 30.3 Å². The summed E-state index contributed by atoms with van der Waals surface area (Å²) in [6, 6.07) is 9.13. The van der Waals surface area contributed by atoms with Crippen LogP contribution in [0.2, 0.25) is 0 Å². The van der Waals surface area contributed by atoms with E-state index in [2.05, 4.69) is 10.6 Å². The first-order valence-corrected chi connectivity index (χ1v) is 12.8. The maximum absolute atomic E-state index is 13.2. The first-order valence-electron chi connectivity index (χ1n) is 12.8. The molecule has 2 saturated heterocycles. The average molecular weight is 564 g/mol. The molecular formula is C27H32F3N5O5. The highest BCUT2D eigenvalue weighted by Crippen LogP contribution is 2.32. The third-order valence-electron chi connectivity index (χ3n) is 6.98. The summed E-state index contributed by atoms with van der Waals surface area (Å²) in [7, 11) is 2.96. The van der Waals surface area contributed by atoms with Gasteiger partial charge in [0, 0.05) is 51.0 Å². The van der Waals surface area contributed by atoms with Crippen LogP contribution >= 0.6 is 0 Å². The summed E-state index contributed by atoms with van der Waals surface area (Å²) in [5.74, 6) is -0.252. The van der Waals surface area contributed by atoms with E-state index in [-0.39, 0.29) is 32.0 Å². The molecule has 2 N–H and O–H groups in total. The Morgan fingerprint density at radius 2 is 1.77 bits per heavy atom. The summed E-state index contributed by atoms with van der Waals surface area (Å²) in [5, 5.41) is 5.44. The molecule has 40 heavy (non-hydrogen) atoms. The Balaban J connectivity index is 1.35. The maximum Gasteiger partial charge on any atom is 0.416 e. The number of anilines is 2. The van der Waals surface area contributed by atoms with Gasteiger partial charge in [0.05, 0.1) is 38.4 Å². The van der Waals surface area contributed by atoms with E-state index in [0.29, 0.717) is 49.1 Å². The normalized spacial score (nSPS) is 18.2. The summed E-state index contributed by atoms with van der Waals surface area (Å²) in [5.41, 5.74) is 0.151. The molecule has 0 bridgehead atoms. The van der Waals surface area contributed by atoms with Crippen LogP contribution in [-0.4, -0.2) is 93.6 Å². The number of halogens is 3. The van der Waals surface area contributed by atoms with E-state index in [1.807, 2.05) is 9.80 Å². The van der Waals surface area contributed by atoms with Gasteiger partial charge in [0.15, 0.2) is 0 Å². The molecule has 4 rings (SSSR count). The number of nitrogens with zero attached hydrogens (tertiary/aromatic N) is 3. The quantitative estimate of drug-likeness (QED) is 0.508. The van der Waals surface area contributed by atoms with Crippen molar-refractivity contribution in [2.24, 2.45) is 0 Å². The van der Waals surface area contributed by atoms with Gasteiger partial charge in [-0.2, -0.15) is 13.2 Å². The lowest BCUT2D eigenvalue weighted by Gasteiger charge is -2.39. The van der Waals surface area contributed by atoms with Gasteiger partial charge >= 0.3 is 6.18 Å². The van der Waals surface area contributed by atoms with Crippen molar-refractivity contribution < 1.29 is 37.0 Å². The molecule has 0 spiro atoms. The van der Waals surface area contributed by atoms with E-state index in [4.69, 9.17) is 9.47 Å². The van der Waals surface area contributed by atoms with Crippen molar-refractivity contribution in [3.63, 3.8) is 0 Å². The van der Waals surface area contributed by atoms with E-state index in [9.17, 15) is 27.6 Å². The highest BCUT2D eigenvalue weighted by Gasteiger charge is 2.36. The third kappa shape index (κ3) is 6.95. The predicted molar refractivity (Wildman–Crippen MR) is 141 cm³/mol. The molecule has 1 unspecified atom stereocenters. The second-order valence-electron chi connectivity index (χ2n) is 9.52. The molecule has 0 aromatic heterocycles. The first kappa shape index (κ1) is 29.0. The average Bonchev–Trinajstić information content (AvgIpc) is 2.94. The second-order valence-corrected chi connectivity index (χ2v) is 9.52. The molecule has 0 aliphatic carbocycles. The van der Waals surface area contributed by atoms with Crippen molar-refractivity contribution in [2.75, 3.05) is 70.2 Å². The number of benzene rings is 2. The minimum Gasteiger partial charge on any atom is -0.497 e. The number of amides is 3. The highest BCUT2D eigenvalue weighted by atomic mass is 19.4. The van der Waals surface area contributed by atoms with E-state index in [1.165, 1.54) is 25.2 Å². The van der Waals surface area contributed by atoms with Crippen molar-refractivity contribution >= 4 is 29.1 Å². The number of carbonyl (C=O) groups is 3. The molecule has 2 heterocycles. The van der Waals surface area contributed by atoms with Crippen LogP contribution < -0.4 is 25.0 Å². The Bertz CT molecular complexity index is 1230. The second kappa shape index (κ2) is 12.5. The van der Waals surface area contributed by atoms with Gasteiger partial charge in [-0.15, -0.1) is 0 Å². The zero-order valence-corrected chi connectivity index (χ0v) is 22.3. The fourth-order valence-corrected chi connectivity index (χ4v) is 4.83. The molecule has 3 amide bonds. The molecule has 10 nitrogen and oxygen atoms in total. The van der Waals surface area contributed by atoms with Crippen LogP contribution in [0.25, 0.3) is 0 Å². The van der Waals surface area contributed by atoms with Crippen molar-refractivity contribution in [1.82, 2.24) is 15.1 Å². The molecule has 1 atom stereocenters. The fraction of sp³-hybridized carbons (Fsp3) is 0.444. The van der Waals surface area contributed by atoms with Gasteiger partial charge in [-0.3, -0.25) is 19.3 Å². The summed E-state index contributed by atoms with van der Waals surface area (Å²) in [6.45, 7) is 2.38. The highest BCUT2D eigenvalue weighted by molar-refractivity contribution is 5.98. The Morgan fingerprint density at radius 1 is 1.02 bits per heavy atom. The van der Waals surface area contributed by atoms with E-state index >= 15 is 0 Å². The molecule has 2 aromatic rings. The van der Waals surface area contributed by atoms with Crippen LogP contribution in [0.3, 0.4) is 0 Å². The third-order valence-corrected chi connectivity index (χ3v) is 6.98. The van der Waals surface area contributed by atoms with Gasteiger partial charge < -0.3 is 29.9 Å². The van der Waals surface area contributed by atoms with E-state index in [1.54, 1.807) is 24.3 Å². The van der Waals surface area contributed by atoms with Crippen LogP contribution in [0.4, 0.5) is 24.5 Å². The summed E-state index contributed by atoms with van der Waals surface area (Å²) < 4.78 is 49.8. The number of methoxy groups -OCH3 is 2. The number of hydrogen-bond acceptors (Lipinski definition) is 7. The van der Waals surface area contributed by atoms with Crippen molar-refractivity contribution in [3.8, 4) is 11.5 Å². The van der Waals surface area contributed by atoms with Crippen LogP contribution in [0.15, 0.2) is 42.5 Å². The maximum atomic E-state index is 13.2. The number of piperazine rings is 2. The predicted octanol–water partition coefficient (Wildman–Crippen LogP) is 2.20. The Morgan fingerprint density at radius 3 is 2.45 bits per heavy atom. The minimum atomic E-state index is -4.42. The number of hydrogen-bond donors (Lipinski definition) is 2. The number of alkyl halides is 3. The molecule has 2 aromatic carbocycles. The van der Waals surface area contributed by atoms with Crippen molar-refractivity contribution in [2.45, 2.75) is 18.6 Å². The van der Waals surface area contributed by atoms with Gasteiger partial charge in [0.25, 0.3) is 0 Å². The van der Waals surface area contributed by atoms with Crippen molar-refractivity contribution in [3.05, 3.63) is 48.0 Å². The fourth-order valence-electron chi connectivity index (χ4n) is 4.83. The summed E-state index contributed by atoms with van der Waals surface area (Å²) in [6.07, 6.45) is -4.67. The zero-order chi connectivity index (χ0) is 28.9. The largest absolute Gasteiger partial charge is 0.497 e.